The summed E-state index contributed by atoms with van der Waals surface area (Å²) in [7, 11) is 1.98. The molecule has 1 heterocycles. The number of imidazole rings is 1. The highest BCUT2D eigenvalue weighted by atomic mass is 16.1. The lowest BCUT2D eigenvalue weighted by Crippen LogP contribution is -2.25. The van der Waals surface area contributed by atoms with Crippen molar-refractivity contribution in [1.29, 1.82) is 0 Å². The van der Waals surface area contributed by atoms with Gasteiger partial charge in [0.2, 0.25) is 5.91 Å². The maximum Gasteiger partial charge on any atom is 0.220 e. The number of benzene rings is 2. The number of hydrogen-bond acceptors (Lipinski definition) is 2. The largest absolute Gasteiger partial charge is 0.349 e. The molecule has 0 spiro atoms. The molecule has 0 aliphatic carbocycles. The average Bonchev–Trinajstić information content (AvgIpc) is 2.90. The molecule has 0 saturated heterocycles. The molecule has 0 aliphatic heterocycles. The number of amides is 1. The normalized spacial score (nSPS) is 12.3. The van der Waals surface area contributed by atoms with E-state index in [0.29, 0.717) is 13.0 Å². The van der Waals surface area contributed by atoms with Gasteiger partial charge >= 0.3 is 0 Å². The van der Waals surface area contributed by atoms with Crippen LogP contribution in [0.5, 0.6) is 0 Å². The zero-order valence-electron chi connectivity index (χ0n) is 13.5. The third-order valence-corrected chi connectivity index (χ3v) is 4.18. The highest BCUT2D eigenvalue weighted by Crippen LogP contribution is 2.18. The fourth-order valence-corrected chi connectivity index (χ4v) is 2.78. The van der Waals surface area contributed by atoms with Gasteiger partial charge in [0, 0.05) is 13.5 Å². The summed E-state index contributed by atoms with van der Waals surface area (Å²) >= 11 is 0. The number of carbonyl (C=O) groups is 1. The van der Waals surface area contributed by atoms with E-state index in [0.717, 1.165) is 16.9 Å². The molecule has 1 N–H and O–H groups in total. The number of aromatic nitrogens is 2. The van der Waals surface area contributed by atoms with Crippen molar-refractivity contribution >= 4 is 16.9 Å². The fraction of sp³-hybridized carbons (Fsp3) is 0.263. The van der Waals surface area contributed by atoms with Crippen molar-refractivity contribution in [2.75, 3.05) is 0 Å². The second-order valence-electron chi connectivity index (χ2n) is 5.87. The van der Waals surface area contributed by atoms with Crippen molar-refractivity contribution in [3.8, 4) is 0 Å². The molecule has 0 saturated carbocycles. The van der Waals surface area contributed by atoms with Gasteiger partial charge in [-0.05, 0) is 23.6 Å². The van der Waals surface area contributed by atoms with Crippen LogP contribution in [0.3, 0.4) is 0 Å². The van der Waals surface area contributed by atoms with Crippen LogP contribution in [-0.2, 0) is 18.4 Å². The number of fused-ring (bicyclic) bond motifs is 1. The Hall–Kier alpha value is -2.62. The fourth-order valence-electron chi connectivity index (χ4n) is 2.78. The lowest BCUT2D eigenvalue weighted by Gasteiger charge is -2.12. The summed E-state index contributed by atoms with van der Waals surface area (Å²) in [6.07, 6.45) is 0.480. The molecule has 4 heteroatoms. The second kappa shape index (κ2) is 6.65. The number of nitrogens with zero attached hydrogens (tertiary/aromatic N) is 2. The molecule has 2 aromatic carbocycles. The van der Waals surface area contributed by atoms with E-state index in [1.165, 1.54) is 5.56 Å². The molecule has 118 valence electrons. The van der Waals surface area contributed by atoms with Gasteiger partial charge in [-0.15, -0.1) is 0 Å². The van der Waals surface area contributed by atoms with Gasteiger partial charge in [0.1, 0.15) is 5.82 Å². The minimum Gasteiger partial charge on any atom is -0.349 e. The van der Waals surface area contributed by atoms with E-state index in [2.05, 4.69) is 29.4 Å². The zero-order chi connectivity index (χ0) is 16.2. The summed E-state index contributed by atoms with van der Waals surface area (Å²) in [6.45, 7) is 2.52. The average molecular weight is 307 g/mol. The molecule has 0 fully saturated rings. The first-order chi connectivity index (χ1) is 11.1. The van der Waals surface area contributed by atoms with E-state index in [-0.39, 0.29) is 11.8 Å². The van der Waals surface area contributed by atoms with Crippen molar-refractivity contribution in [1.82, 2.24) is 14.9 Å². The number of para-hydroxylation sites is 2. The Labute approximate surface area is 136 Å². The highest BCUT2D eigenvalue weighted by molar-refractivity contribution is 5.78. The van der Waals surface area contributed by atoms with Gasteiger partial charge in [-0.25, -0.2) is 4.98 Å². The first-order valence-corrected chi connectivity index (χ1v) is 7.87. The van der Waals surface area contributed by atoms with Gasteiger partial charge in [0.05, 0.1) is 17.6 Å². The topological polar surface area (TPSA) is 46.9 Å². The summed E-state index contributed by atoms with van der Waals surface area (Å²) < 4.78 is 2.02. The number of carbonyl (C=O) groups excluding carboxylic acids is 1. The van der Waals surface area contributed by atoms with E-state index in [1.807, 2.05) is 54.1 Å². The predicted molar refractivity (Wildman–Crippen MR) is 92.0 cm³/mol. The van der Waals surface area contributed by atoms with Crippen LogP contribution in [-0.4, -0.2) is 15.5 Å². The van der Waals surface area contributed by atoms with E-state index in [1.54, 1.807) is 0 Å². The van der Waals surface area contributed by atoms with Crippen LogP contribution in [0.4, 0.5) is 0 Å². The predicted octanol–water partition coefficient (Wildman–Crippen LogP) is 3.38. The Balaban J connectivity index is 1.61. The number of aryl methyl sites for hydroxylation is 1. The Morgan fingerprint density at radius 2 is 1.83 bits per heavy atom. The summed E-state index contributed by atoms with van der Waals surface area (Å²) in [5.41, 5.74) is 3.22. The summed E-state index contributed by atoms with van der Waals surface area (Å²) in [5.74, 6) is 1.12. The van der Waals surface area contributed by atoms with E-state index in [9.17, 15) is 4.79 Å². The molecule has 0 radical (unpaired) electrons. The van der Waals surface area contributed by atoms with Gasteiger partial charge in [0.25, 0.3) is 0 Å². The summed E-state index contributed by atoms with van der Waals surface area (Å²) in [4.78, 5) is 16.7. The molecule has 1 aromatic heterocycles. The third kappa shape index (κ3) is 3.42. The molecule has 3 aromatic rings. The van der Waals surface area contributed by atoms with Gasteiger partial charge in [-0.2, -0.15) is 0 Å². The minimum atomic E-state index is 0.0495. The molecule has 4 nitrogen and oxygen atoms in total. The van der Waals surface area contributed by atoms with Crippen LogP contribution in [0.25, 0.3) is 11.0 Å². The van der Waals surface area contributed by atoms with Crippen LogP contribution in [0.15, 0.2) is 54.6 Å². The van der Waals surface area contributed by atoms with Crippen LogP contribution < -0.4 is 5.32 Å². The third-order valence-electron chi connectivity index (χ3n) is 4.18. The van der Waals surface area contributed by atoms with Crippen molar-refractivity contribution in [3.05, 3.63) is 66.0 Å². The van der Waals surface area contributed by atoms with E-state index in [4.69, 9.17) is 0 Å². The molecular weight excluding hydrogens is 286 g/mol. The van der Waals surface area contributed by atoms with Crippen LogP contribution in [0.1, 0.15) is 30.7 Å². The van der Waals surface area contributed by atoms with Crippen molar-refractivity contribution in [3.63, 3.8) is 0 Å². The highest BCUT2D eigenvalue weighted by Gasteiger charge is 2.12. The van der Waals surface area contributed by atoms with E-state index < -0.39 is 0 Å². The minimum absolute atomic E-state index is 0.0495. The smallest absolute Gasteiger partial charge is 0.220 e. The Bertz CT molecular complexity index is 808. The molecular formula is C19H21N3O. The second-order valence-corrected chi connectivity index (χ2v) is 5.87. The molecule has 0 aliphatic rings. The van der Waals surface area contributed by atoms with Gasteiger partial charge in [-0.1, -0.05) is 49.4 Å². The first-order valence-electron chi connectivity index (χ1n) is 7.87. The Kier molecular flexibility index (Phi) is 4.42. The molecule has 3 rings (SSSR count). The number of nitrogens with one attached hydrogen (secondary N) is 1. The number of rotatable bonds is 5. The quantitative estimate of drug-likeness (QED) is 0.785. The van der Waals surface area contributed by atoms with Crippen molar-refractivity contribution < 1.29 is 4.79 Å². The maximum absolute atomic E-state index is 12.2. The van der Waals surface area contributed by atoms with Crippen LogP contribution >= 0.6 is 0 Å². The lowest BCUT2D eigenvalue weighted by atomic mass is 9.98. The SMILES string of the molecule is CC(CC(=O)NCc1nc2ccccc2n1C)c1ccccc1. The lowest BCUT2D eigenvalue weighted by molar-refractivity contribution is -0.121. The molecule has 1 amide bonds. The monoisotopic (exact) mass is 307 g/mol. The van der Waals surface area contributed by atoms with Gasteiger partial charge < -0.3 is 9.88 Å². The van der Waals surface area contributed by atoms with Gasteiger partial charge in [0.15, 0.2) is 0 Å². The van der Waals surface area contributed by atoms with E-state index >= 15 is 0 Å². The van der Waals surface area contributed by atoms with Gasteiger partial charge in [-0.3, -0.25) is 4.79 Å². The molecule has 1 atom stereocenters. The van der Waals surface area contributed by atoms with Crippen LogP contribution in [0.2, 0.25) is 0 Å². The number of hydrogen-bond donors (Lipinski definition) is 1. The summed E-state index contributed by atoms with van der Waals surface area (Å²) in [6, 6.07) is 18.1. The molecule has 0 bridgehead atoms. The molecule has 23 heavy (non-hydrogen) atoms. The zero-order valence-corrected chi connectivity index (χ0v) is 13.5. The Morgan fingerprint density at radius 1 is 1.13 bits per heavy atom. The maximum atomic E-state index is 12.2. The van der Waals surface area contributed by atoms with Crippen LogP contribution in [0, 0.1) is 0 Å². The Morgan fingerprint density at radius 3 is 2.57 bits per heavy atom. The molecule has 1 unspecified atom stereocenters. The first kappa shape index (κ1) is 15.3. The standard InChI is InChI=1S/C19H21N3O/c1-14(15-8-4-3-5-9-15)12-19(23)20-13-18-21-16-10-6-7-11-17(16)22(18)2/h3-11,14H,12-13H2,1-2H3,(H,20,23). The van der Waals surface area contributed by atoms with Crippen molar-refractivity contribution in [2.45, 2.75) is 25.8 Å². The van der Waals surface area contributed by atoms with Crippen molar-refractivity contribution in [2.24, 2.45) is 7.05 Å². The summed E-state index contributed by atoms with van der Waals surface area (Å²) in [5, 5.41) is 2.98.